The van der Waals surface area contributed by atoms with Crippen molar-refractivity contribution in [1.29, 1.82) is 0 Å². The predicted molar refractivity (Wildman–Crippen MR) is 90.0 cm³/mol. The molecule has 0 fully saturated rings. The molecule has 0 saturated heterocycles. The number of carbonyl (C=O) groups is 2. The number of non-ortho nitro benzene ring substituents is 1. The molecule has 0 unspecified atom stereocenters. The van der Waals surface area contributed by atoms with Crippen LogP contribution in [0.15, 0.2) is 36.4 Å². The number of ether oxygens (including phenoxy) is 2. The summed E-state index contributed by atoms with van der Waals surface area (Å²) in [7, 11) is 1.27. The third-order valence-electron chi connectivity index (χ3n) is 3.15. The molecule has 0 heterocycles. The number of rotatable bonds is 6. The monoisotopic (exact) mass is 382 g/mol. The molecule has 0 spiro atoms. The van der Waals surface area contributed by atoms with E-state index < -0.39 is 29.2 Å². The first-order valence-corrected chi connectivity index (χ1v) is 7.44. The minimum Gasteiger partial charge on any atom is -0.496 e. The summed E-state index contributed by atoms with van der Waals surface area (Å²) in [4.78, 5) is 34.0. The lowest BCUT2D eigenvalue weighted by Gasteiger charge is -2.10. The summed E-state index contributed by atoms with van der Waals surface area (Å²) in [6, 6.07) is 6.93. The molecule has 0 aliphatic rings. The summed E-state index contributed by atoms with van der Waals surface area (Å²) in [6.45, 7) is -0.739. The molecule has 0 radical (unpaired) electrons. The molecule has 136 valence electrons. The van der Waals surface area contributed by atoms with Crippen molar-refractivity contribution in [1.82, 2.24) is 0 Å². The van der Waals surface area contributed by atoms with Crippen LogP contribution in [0.2, 0.25) is 5.02 Å². The highest BCUT2D eigenvalue weighted by atomic mass is 35.5. The third kappa shape index (κ3) is 4.67. The lowest BCUT2D eigenvalue weighted by molar-refractivity contribution is -0.384. The zero-order valence-corrected chi connectivity index (χ0v) is 14.1. The van der Waals surface area contributed by atoms with Gasteiger partial charge in [-0.15, -0.1) is 0 Å². The van der Waals surface area contributed by atoms with Gasteiger partial charge >= 0.3 is 5.97 Å². The zero-order valence-electron chi connectivity index (χ0n) is 13.3. The second-order valence-corrected chi connectivity index (χ2v) is 5.33. The maximum Gasteiger partial charge on any atom is 0.342 e. The quantitative estimate of drug-likeness (QED) is 0.467. The van der Waals surface area contributed by atoms with Crippen molar-refractivity contribution in [2.45, 2.75) is 0 Å². The molecule has 2 rings (SSSR count). The fourth-order valence-electron chi connectivity index (χ4n) is 1.96. The zero-order chi connectivity index (χ0) is 19.3. The maximum absolute atomic E-state index is 13.6. The van der Waals surface area contributed by atoms with E-state index >= 15 is 0 Å². The molecule has 0 saturated carbocycles. The maximum atomic E-state index is 13.6. The molecule has 0 bridgehead atoms. The van der Waals surface area contributed by atoms with Crippen LogP contribution in [0.3, 0.4) is 0 Å². The Balaban J connectivity index is 2.06. The van der Waals surface area contributed by atoms with E-state index in [1.54, 1.807) is 0 Å². The Labute approximate surface area is 151 Å². The molecule has 0 aliphatic heterocycles. The van der Waals surface area contributed by atoms with Crippen LogP contribution in [0.5, 0.6) is 5.75 Å². The second kappa shape index (κ2) is 8.26. The number of hydrogen-bond acceptors (Lipinski definition) is 6. The van der Waals surface area contributed by atoms with Crippen LogP contribution in [0, 0.1) is 15.9 Å². The highest BCUT2D eigenvalue weighted by Gasteiger charge is 2.20. The molecule has 26 heavy (non-hydrogen) atoms. The van der Waals surface area contributed by atoms with Gasteiger partial charge in [-0.25, -0.2) is 9.18 Å². The van der Waals surface area contributed by atoms with Crippen LogP contribution in [-0.4, -0.2) is 30.5 Å². The number of anilines is 1. The van der Waals surface area contributed by atoms with Gasteiger partial charge < -0.3 is 14.8 Å². The first-order chi connectivity index (χ1) is 12.3. The smallest absolute Gasteiger partial charge is 0.342 e. The number of nitrogens with zero attached hydrogens (tertiary/aromatic N) is 1. The summed E-state index contributed by atoms with van der Waals surface area (Å²) in [6.07, 6.45) is 0. The van der Waals surface area contributed by atoms with Crippen molar-refractivity contribution in [2.75, 3.05) is 19.0 Å². The summed E-state index contributed by atoms with van der Waals surface area (Å²) in [5.41, 5.74) is -0.738. The number of amides is 1. The van der Waals surface area contributed by atoms with E-state index in [9.17, 15) is 24.1 Å². The van der Waals surface area contributed by atoms with E-state index in [0.717, 1.165) is 18.2 Å². The number of esters is 1. The summed E-state index contributed by atoms with van der Waals surface area (Å²) in [5.74, 6) is -2.49. The number of nitro benzene ring substituents is 1. The fraction of sp³-hybridized carbons (Fsp3) is 0.125. The molecule has 10 heteroatoms. The van der Waals surface area contributed by atoms with Crippen LogP contribution in [-0.2, 0) is 9.53 Å². The van der Waals surface area contributed by atoms with Gasteiger partial charge in [0, 0.05) is 17.2 Å². The number of nitro groups is 1. The van der Waals surface area contributed by atoms with Gasteiger partial charge in [-0.3, -0.25) is 14.9 Å². The van der Waals surface area contributed by atoms with Gasteiger partial charge in [-0.1, -0.05) is 11.6 Å². The number of hydrogen-bond donors (Lipinski definition) is 1. The van der Waals surface area contributed by atoms with E-state index in [0.29, 0.717) is 0 Å². The van der Waals surface area contributed by atoms with Crippen LogP contribution >= 0.6 is 11.6 Å². The normalized spacial score (nSPS) is 10.1. The molecule has 8 nitrogen and oxygen atoms in total. The van der Waals surface area contributed by atoms with Crippen molar-refractivity contribution in [3.8, 4) is 5.75 Å². The summed E-state index contributed by atoms with van der Waals surface area (Å²) in [5, 5.41) is 13.2. The van der Waals surface area contributed by atoms with E-state index in [4.69, 9.17) is 21.1 Å². The molecule has 2 aromatic rings. The lowest BCUT2D eigenvalue weighted by Crippen LogP contribution is -2.21. The lowest BCUT2D eigenvalue weighted by atomic mass is 10.2. The molecular weight excluding hydrogens is 371 g/mol. The van der Waals surface area contributed by atoms with Gasteiger partial charge in [0.05, 0.1) is 17.7 Å². The number of halogens is 2. The average molecular weight is 383 g/mol. The van der Waals surface area contributed by atoms with E-state index in [1.165, 1.54) is 25.3 Å². The van der Waals surface area contributed by atoms with Crippen LogP contribution in [0.4, 0.5) is 15.8 Å². The Kier molecular flexibility index (Phi) is 6.07. The molecule has 2 aromatic carbocycles. The van der Waals surface area contributed by atoms with Crippen molar-refractivity contribution < 1.29 is 28.4 Å². The Morgan fingerprint density at radius 1 is 1.27 bits per heavy atom. The first kappa shape index (κ1) is 19.1. The van der Waals surface area contributed by atoms with Crippen molar-refractivity contribution in [3.63, 3.8) is 0 Å². The molecule has 1 amide bonds. The average Bonchev–Trinajstić information content (AvgIpc) is 2.62. The SMILES string of the molecule is COc1ccc([N+](=O)[O-])cc1C(=O)OCC(=O)Nc1cc(Cl)ccc1F. The van der Waals surface area contributed by atoms with Crippen LogP contribution < -0.4 is 10.1 Å². The molecule has 0 aliphatic carbocycles. The topological polar surface area (TPSA) is 108 Å². The Bertz CT molecular complexity index is 874. The van der Waals surface area contributed by atoms with E-state index in [2.05, 4.69) is 5.32 Å². The minimum absolute atomic E-state index is 0.0434. The predicted octanol–water partition coefficient (Wildman–Crippen LogP) is 3.19. The highest BCUT2D eigenvalue weighted by molar-refractivity contribution is 6.30. The van der Waals surface area contributed by atoms with Crippen molar-refractivity contribution in [3.05, 3.63) is 62.9 Å². The summed E-state index contributed by atoms with van der Waals surface area (Å²) >= 11 is 5.71. The Hall–Kier alpha value is -3.20. The molecule has 1 N–H and O–H groups in total. The van der Waals surface area contributed by atoms with Gasteiger partial charge in [0.1, 0.15) is 17.1 Å². The number of methoxy groups -OCH3 is 1. The van der Waals surface area contributed by atoms with Gasteiger partial charge in [0.2, 0.25) is 0 Å². The Morgan fingerprint density at radius 2 is 2.00 bits per heavy atom. The van der Waals surface area contributed by atoms with Gasteiger partial charge in [0.15, 0.2) is 6.61 Å². The largest absolute Gasteiger partial charge is 0.496 e. The van der Waals surface area contributed by atoms with Crippen LogP contribution in [0.25, 0.3) is 0 Å². The number of benzene rings is 2. The third-order valence-corrected chi connectivity index (χ3v) is 3.39. The number of nitrogens with one attached hydrogen (secondary N) is 1. The van der Waals surface area contributed by atoms with Gasteiger partial charge in [-0.2, -0.15) is 0 Å². The van der Waals surface area contributed by atoms with Crippen molar-refractivity contribution in [2.24, 2.45) is 0 Å². The van der Waals surface area contributed by atoms with Gasteiger partial charge in [-0.05, 0) is 24.3 Å². The second-order valence-electron chi connectivity index (χ2n) is 4.89. The molecular formula is C16H12ClFN2O6. The first-order valence-electron chi connectivity index (χ1n) is 7.06. The highest BCUT2D eigenvalue weighted by Crippen LogP contribution is 2.25. The number of carbonyl (C=O) groups excluding carboxylic acids is 2. The van der Waals surface area contributed by atoms with Crippen LogP contribution in [0.1, 0.15) is 10.4 Å². The van der Waals surface area contributed by atoms with E-state index in [1.807, 2.05) is 0 Å². The fourth-order valence-corrected chi connectivity index (χ4v) is 2.13. The molecule has 0 atom stereocenters. The van der Waals surface area contributed by atoms with Crippen molar-refractivity contribution >= 4 is 34.9 Å². The van der Waals surface area contributed by atoms with E-state index in [-0.39, 0.29) is 27.7 Å². The molecule has 0 aromatic heterocycles. The van der Waals surface area contributed by atoms with Gasteiger partial charge in [0.25, 0.3) is 11.6 Å². The Morgan fingerprint density at radius 3 is 2.65 bits per heavy atom. The minimum atomic E-state index is -1.01. The standard InChI is InChI=1S/C16H12ClFN2O6/c1-25-14-5-3-10(20(23)24)7-11(14)16(22)26-8-15(21)19-13-6-9(17)2-4-12(13)18/h2-7H,8H2,1H3,(H,19,21). The summed E-state index contributed by atoms with van der Waals surface area (Å²) < 4.78 is 23.3.